The number of nitrogens with zero attached hydrogens (tertiary/aromatic N) is 2. The highest BCUT2D eigenvalue weighted by Crippen LogP contribution is 2.38. The smallest absolute Gasteiger partial charge is 0.226 e. The first-order valence-electron chi connectivity index (χ1n) is 7.92. The van der Waals surface area contributed by atoms with E-state index >= 15 is 0 Å². The number of imidazole rings is 1. The number of aromatic nitrogens is 2. The van der Waals surface area contributed by atoms with Crippen LogP contribution in [-0.2, 0) is 4.79 Å². The van der Waals surface area contributed by atoms with Crippen molar-refractivity contribution < 1.29 is 13.9 Å². The van der Waals surface area contributed by atoms with Crippen LogP contribution in [0.3, 0.4) is 0 Å². The zero-order valence-corrected chi connectivity index (χ0v) is 13.6. The van der Waals surface area contributed by atoms with Crippen LogP contribution in [0.1, 0.15) is 23.6 Å². The van der Waals surface area contributed by atoms with E-state index in [0.29, 0.717) is 5.82 Å². The molecule has 1 N–H and O–H groups in total. The van der Waals surface area contributed by atoms with Gasteiger partial charge in [-0.2, -0.15) is 0 Å². The fraction of sp³-hybridized carbons (Fsp3) is 0.158. The lowest BCUT2D eigenvalue weighted by Crippen LogP contribution is -2.25. The largest absolute Gasteiger partial charge is 0.497 e. The minimum absolute atomic E-state index is 0.0993. The molecular weight excluding hydrogens is 321 g/mol. The highest BCUT2D eigenvalue weighted by atomic mass is 19.1. The molecule has 1 aliphatic rings. The summed E-state index contributed by atoms with van der Waals surface area (Å²) < 4.78 is 20.5. The monoisotopic (exact) mass is 337 g/mol. The van der Waals surface area contributed by atoms with Crippen LogP contribution in [0.5, 0.6) is 5.75 Å². The van der Waals surface area contributed by atoms with Crippen LogP contribution in [0, 0.1) is 5.82 Å². The second kappa shape index (κ2) is 6.05. The van der Waals surface area contributed by atoms with E-state index in [1.807, 2.05) is 28.8 Å². The molecule has 5 nitrogen and oxygen atoms in total. The molecule has 1 amide bonds. The summed E-state index contributed by atoms with van der Waals surface area (Å²) in [6.07, 6.45) is 1.97. The normalized spacial score (nSPS) is 16.2. The number of nitrogens with one attached hydrogen (secondary N) is 1. The van der Waals surface area contributed by atoms with E-state index < -0.39 is 0 Å². The van der Waals surface area contributed by atoms with Crippen LogP contribution in [-0.4, -0.2) is 22.6 Å². The third-order valence-electron chi connectivity index (χ3n) is 4.39. The van der Waals surface area contributed by atoms with Gasteiger partial charge in [-0.15, -0.1) is 0 Å². The van der Waals surface area contributed by atoms with E-state index in [-0.39, 0.29) is 24.1 Å². The van der Waals surface area contributed by atoms with E-state index in [4.69, 9.17) is 4.74 Å². The van der Waals surface area contributed by atoms with Crippen LogP contribution in [0.2, 0.25) is 0 Å². The van der Waals surface area contributed by atoms with Gasteiger partial charge in [0.25, 0.3) is 0 Å². The lowest BCUT2D eigenvalue weighted by Gasteiger charge is -2.24. The Balaban J connectivity index is 1.85. The SMILES string of the molecule is COc1cccc(-n2cnc3c2C(c2ccc(F)cc2)CC(=O)N3)c1. The number of hydrogen-bond acceptors (Lipinski definition) is 3. The molecule has 2 heterocycles. The molecule has 1 aromatic heterocycles. The molecule has 3 aromatic rings. The molecule has 0 saturated carbocycles. The predicted octanol–water partition coefficient (Wildman–Crippen LogP) is 3.49. The van der Waals surface area contributed by atoms with E-state index in [1.165, 1.54) is 12.1 Å². The second-order valence-corrected chi connectivity index (χ2v) is 5.91. The van der Waals surface area contributed by atoms with Gasteiger partial charge in [0.15, 0.2) is 5.82 Å². The number of methoxy groups -OCH3 is 1. The summed E-state index contributed by atoms with van der Waals surface area (Å²) in [5, 5.41) is 2.81. The summed E-state index contributed by atoms with van der Waals surface area (Å²) in [6.45, 7) is 0. The van der Waals surface area contributed by atoms with Gasteiger partial charge in [0.05, 0.1) is 18.5 Å². The molecule has 1 atom stereocenters. The number of rotatable bonds is 3. The van der Waals surface area contributed by atoms with Crippen molar-refractivity contribution >= 4 is 11.7 Å². The van der Waals surface area contributed by atoms with Gasteiger partial charge in [0.2, 0.25) is 5.91 Å². The topological polar surface area (TPSA) is 56.2 Å². The molecule has 1 aliphatic heterocycles. The zero-order valence-electron chi connectivity index (χ0n) is 13.6. The number of carbonyl (C=O) groups excluding carboxylic acids is 1. The maximum Gasteiger partial charge on any atom is 0.226 e. The molecule has 0 radical (unpaired) electrons. The van der Waals surface area contributed by atoms with Gasteiger partial charge in [0.1, 0.15) is 17.9 Å². The molecule has 4 rings (SSSR count). The summed E-state index contributed by atoms with van der Waals surface area (Å²) in [5.41, 5.74) is 2.64. The number of fused-ring (bicyclic) bond motifs is 1. The lowest BCUT2D eigenvalue weighted by atomic mass is 9.89. The van der Waals surface area contributed by atoms with E-state index in [9.17, 15) is 9.18 Å². The van der Waals surface area contributed by atoms with Crippen molar-refractivity contribution in [3.8, 4) is 11.4 Å². The summed E-state index contributed by atoms with van der Waals surface area (Å²) in [4.78, 5) is 16.4. The van der Waals surface area contributed by atoms with Gasteiger partial charge in [0, 0.05) is 18.4 Å². The van der Waals surface area contributed by atoms with Crippen molar-refractivity contribution in [1.82, 2.24) is 9.55 Å². The number of ether oxygens (including phenoxy) is 1. The van der Waals surface area contributed by atoms with Gasteiger partial charge in [-0.1, -0.05) is 18.2 Å². The van der Waals surface area contributed by atoms with E-state index in [1.54, 1.807) is 25.6 Å². The Morgan fingerprint density at radius 2 is 2.04 bits per heavy atom. The highest BCUT2D eigenvalue weighted by Gasteiger charge is 2.31. The Bertz CT molecular complexity index is 934. The van der Waals surface area contributed by atoms with Gasteiger partial charge in [-0.3, -0.25) is 4.79 Å². The number of halogens is 1. The molecule has 25 heavy (non-hydrogen) atoms. The van der Waals surface area contributed by atoms with Gasteiger partial charge in [-0.05, 0) is 29.8 Å². The van der Waals surface area contributed by atoms with Crippen LogP contribution in [0.25, 0.3) is 5.69 Å². The van der Waals surface area contributed by atoms with Crippen molar-refractivity contribution in [2.24, 2.45) is 0 Å². The minimum atomic E-state index is -0.300. The summed E-state index contributed by atoms with van der Waals surface area (Å²) in [5.74, 6) is 0.674. The van der Waals surface area contributed by atoms with E-state index in [0.717, 1.165) is 22.7 Å². The van der Waals surface area contributed by atoms with Crippen LogP contribution in [0.4, 0.5) is 10.2 Å². The molecule has 126 valence electrons. The van der Waals surface area contributed by atoms with E-state index in [2.05, 4.69) is 10.3 Å². The number of carbonyl (C=O) groups is 1. The van der Waals surface area contributed by atoms with Crippen molar-refractivity contribution in [3.05, 3.63) is 71.9 Å². The first-order chi connectivity index (χ1) is 12.2. The highest BCUT2D eigenvalue weighted by molar-refractivity contribution is 5.94. The Labute approximate surface area is 144 Å². The van der Waals surface area contributed by atoms with Crippen molar-refractivity contribution in [2.45, 2.75) is 12.3 Å². The average Bonchev–Trinajstić information content (AvgIpc) is 3.05. The van der Waals surface area contributed by atoms with Gasteiger partial charge in [-0.25, -0.2) is 9.37 Å². The van der Waals surface area contributed by atoms with Crippen LogP contribution in [0.15, 0.2) is 54.9 Å². The van der Waals surface area contributed by atoms with Crippen molar-refractivity contribution in [1.29, 1.82) is 0 Å². The standard InChI is InChI=1S/C19H16FN3O2/c1-25-15-4-2-3-14(9-15)23-11-21-19-18(23)16(10-17(24)22-19)12-5-7-13(20)8-6-12/h2-9,11,16H,10H2,1H3,(H,22,24). The van der Waals surface area contributed by atoms with Crippen molar-refractivity contribution in [2.75, 3.05) is 12.4 Å². The Morgan fingerprint density at radius 1 is 1.24 bits per heavy atom. The van der Waals surface area contributed by atoms with Gasteiger partial charge < -0.3 is 14.6 Å². The Kier molecular flexibility index (Phi) is 3.72. The Morgan fingerprint density at radius 3 is 2.80 bits per heavy atom. The number of amides is 1. The lowest BCUT2D eigenvalue weighted by molar-refractivity contribution is -0.116. The first-order valence-corrected chi connectivity index (χ1v) is 7.92. The fourth-order valence-electron chi connectivity index (χ4n) is 3.19. The van der Waals surface area contributed by atoms with Crippen LogP contribution < -0.4 is 10.1 Å². The molecule has 2 aromatic carbocycles. The number of hydrogen-bond donors (Lipinski definition) is 1. The minimum Gasteiger partial charge on any atom is -0.497 e. The molecule has 0 bridgehead atoms. The molecule has 0 aliphatic carbocycles. The quantitative estimate of drug-likeness (QED) is 0.796. The molecule has 1 unspecified atom stereocenters. The molecule has 0 fully saturated rings. The van der Waals surface area contributed by atoms with Crippen molar-refractivity contribution in [3.63, 3.8) is 0 Å². The molecule has 0 spiro atoms. The third-order valence-corrected chi connectivity index (χ3v) is 4.39. The summed E-state index contributed by atoms with van der Waals surface area (Å²) in [6, 6.07) is 13.9. The molecular formula is C19H16FN3O2. The zero-order chi connectivity index (χ0) is 17.4. The maximum atomic E-state index is 13.3. The Hall–Kier alpha value is -3.15. The van der Waals surface area contributed by atoms with Crippen LogP contribution >= 0.6 is 0 Å². The summed E-state index contributed by atoms with van der Waals surface area (Å²) in [7, 11) is 1.62. The number of anilines is 1. The summed E-state index contributed by atoms with van der Waals surface area (Å²) >= 11 is 0. The third kappa shape index (κ3) is 2.76. The number of benzene rings is 2. The average molecular weight is 337 g/mol. The molecule has 0 saturated heterocycles. The fourth-order valence-corrected chi connectivity index (χ4v) is 3.19. The first kappa shape index (κ1) is 15.4. The van der Waals surface area contributed by atoms with Gasteiger partial charge >= 0.3 is 0 Å². The second-order valence-electron chi connectivity index (χ2n) is 5.91. The predicted molar refractivity (Wildman–Crippen MR) is 91.6 cm³/mol. The molecule has 6 heteroatoms. The maximum absolute atomic E-state index is 13.3.